The van der Waals surface area contributed by atoms with E-state index in [1.54, 1.807) is 0 Å². The molecule has 1 saturated heterocycles. The lowest BCUT2D eigenvalue weighted by Crippen LogP contribution is -2.58. The van der Waals surface area contributed by atoms with Crippen molar-refractivity contribution in [3.63, 3.8) is 0 Å². The Balaban J connectivity index is 1.77. The molecular formula is C31H30NO2+. The van der Waals surface area contributed by atoms with Gasteiger partial charge in [0, 0.05) is 43.0 Å². The van der Waals surface area contributed by atoms with Crippen molar-refractivity contribution in [3.8, 4) is 0 Å². The van der Waals surface area contributed by atoms with Crippen LogP contribution < -0.4 is 4.65 Å². The summed E-state index contributed by atoms with van der Waals surface area (Å²) in [7, 11) is 0. The summed E-state index contributed by atoms with van der Waals surface area (Å²) in [6, 6.07) is 42.0. The van der Waals surface area contributed by atoms with Gasteiger partial charge in [0.25, 0.3) is 0 Å². The van der Waals surface area contributed by atoms with E-state index in [0.717, 1.165) is 18.5 Å². The van der Waals surface area contributed by atoms with Gasteiger partial charge < -0.3 is 0 Å². The minimum absolute atomic E-state index is 0.0586. The van der Waals surface area contributed by atoms with E-state index >= 15 is 0 Å². The summed E-state index contributed by atoms with van der Waals surface area (Å²) >= 11 is 0. The fourth-order valence-electron chi connectivity index (χ4n) is 5.64. The van der Waals surface area contributed by atoms with Gasteiger partial charge in [0.15, 0.2) is 17.8 Å². The van der Waals surface area contributed by atoms with E-state index in [1.807, 2.05) is 30.3 Å². The Morgan fingerprint density at radius 1 is 0.618 bits per heavy atom. The van der Waals surface area contributed by atoms with Crippen LogP contribution in [0.15, 0.2) is 121 Å². The van der Waals surface area contributed by atoms with Crippen LogP contribution in [0.25, 0.3) is 0 Å². The summed E-state index contributed by atoms with van der Waals surface area (Å²) in [5.74, 6) is 0.0611. The number of para-hydroxylation sites is 1. The van der Waals surface area contributed by atoms with Crippen molar-refractivity contribution in [2.24, 2.45) is 0 Å². The maximum absolute atomic E-state index is 12.8. The number of rotatable bonds is 5. The molecule has 0 radical (unpaired) electrons. The lowest BCUT2D eigenvalue weighted by molar-refractivity contribution is -0.219. The molecule has 34 heavy (non-hydrogen) atoms. The average molecular weight is 449 g/mol. The fraction of sp³-hybridized carbons (Fsp3) is 0.194. The number of benzene rings is 4. The summed E-state index contributed by atoms with van der Waals surface area (Å²) in [6.07, 6.45) is 1.75. The average Bonchev–Trinajstić information content (AvgIpc) is 2.90. The van der Waals surface area contributed by atoms with Crippen LogP contribution in [-0.4, -0.2) is 5.97 Å². The van der Waals surface area contributed by atoms with E-state index in [9.17, 15) is 4.79 Å². The first-order chi connectivity index (χ1) is 16.7. The Hall–Kier alpha value is -3.69. The standard InChI is InChI=1S/C31H30NO2/c1-24(33)34-32(29-20-12-5-13-21-29)30(26-16-8-3-9-17-26)22-28(25-14-6-2-7-15-25)23-31(32)27-18-10-4-11-19-27/h2-21,28,30-31H,22-23H2,1H3/q+1. The molecule has 3 nitrogen and oxygen atoms in total. The Morgan fingerprint density at radius 2 is 1.00 bits per heavy atom. The Kier molecular flexibility index (Phi) is 6.29. The summed E-state index contributed by atoms with van der Waals surface area (Å²) in [5, 5.41) is 0. The molecule has 3 heteroatoms. The molecule has 0 aliphatic carbocycles. The van der Waals surface area contributed by atoms with Gasteiger partial charge in [-0.15, -0.1) is 0 Å². The predicted molar refractivity (Wildman–Crippen MR) is 137 cm³/mol. The fourth-order valence-corrected chi connectivity index (χ4v) is 5.64. The number of carbonyl (C=O) groups is 1. The van der Waals surface area contributed by atoms with Crippen LogP contribution in [0.5, 0.6) is 0 Å². The molecule has 0 amide bonds. The number of nitrogens with zero attached hydrogens (tertiary/aromatic N) is 1. The highest BCUT2D eigenvalue weighted by Gasteiger charge is 2.56. The Bertz CT molecular complexity index is 1160. The summed E-state index contributed by atoms with van der Waals surface area (Å²) in [5.41, 5.74) is 4.67. The van der Waals surface area contributed by atoms with Gasteiger partial charge in [-0.2, -0.15) is 0 Å². The summed E-state index contributed by atoms with van der Waals surface area (Å²) in [6.45, 7) is 1.52. The lowest BCUT2D eigenvalue weighted by Gasteiger charge is -2.50. The zero-order valence-electron chi connectivity index (χ0n) is 19.5. The SMILES string of the molecule is CC(=O)O[N+]1(c2ccccc2)C(c2ccccc2)CC(c2ccccc2)CC1c1ccccc1. The van der Waals surface area contributed by atoms with Crippen molar-refractivity contribution in [2.45, 2.75) is 37.8 Å². The van der Waals surface area contributed by atoms with Crippen LogP contribution in [0.4, 0.5) is 5.69 Å². The van der Waals surface area contributed by atoms with E-state index < -0.39 is 0 Å². The number of hydrogen-bond acceptors (Lipinski definition) is 2. The van der Waals surface area contributed by atoms with Gasteiger partial charge in [0.1, 0.15) is 0 Å². The van der Waals surface area contributed by atoms with Crippen molar-refractivity contribution >= 4 is 11.7 Å². The summed E-state index contributed by atoms with van der Waals surface area (Å²) in [4.78, 5) is 19.2. The van der Waals surface area contributed by atoms with Gasteiger partial charge in [-0.3, -0.25) is 4.84 Å². The van der Waals surface area contributed by atoms with Crippen LogP contribution in [0, 0.1) is 0 Å². The normalized spacial score (nSPS) is 24.3. The Labute approximate surface area is 201 Å². The molecule has 1 aliphatic heterocycles. The van der Waals surface area contributed by atoms with E-state index in [4.69, 9.17) is 4.84 Å². The monoisotopic (exact) mass is 448 g/mol. The third-order valence-electron chi connectivity index (χ3n) is 7.02. The molecule has 4 aromatic rings. The van der Waals surface area contributed by atoms with E-state index in [-0.39, 0.29) is 22.7 Å². The quantitative estimate of drug-likeness (QED) is 0.295. The second-order valence-electron chi connectivity index (χ2n) is 9.06. The van der Waals surface area contributed by atoms with Crippen LogP contribution in [0.3, 0.4) is 0 Å². The van der Waals surface area contributed by atoms with Crippen molar-refractivity contribution in [3.05, 3.63) is 138 Å². The maximum Gasteiger partial charge on any atom is 0.364 e. The second-order valence-corrected chi connectivity index (χ2v) is 9.06. The molecule has 170 valence electrons. The number of carbonyl (C=O) groups excluding carboxylic acids is 1. The van der Waals surface area contributed by atoms with Crippen molar-refractivity contribution in [2.75, 3.05) is 0 Å². The molecule has 2 unspecified atom stereocenters. The third kappa shape index (κ3) is 4.15. The van der Waals surface area contributed by atoms with Crippen molar-refractivity contribution in [1.29, 1.82) is 0 Å². The molecule has 0 spiro atoms. The number of piperidine rings is 1. The lowest BCUT2D eigenvalue weighted by atomic mass is 9.76. The van der Waals surface area contributed by atoms with E-state index in [0.29, 0.717) is 5.92 Å². The highest BCUT2D eigenvalue weighted by molar-refractivity contribution is 5.67. The van der Waals surface area contributed by atoms with E-state index in [2.05, 4.69) is 91.0 Å². The van der Waals surface area contributed by atoms with Gasteiger partial charge >= 0.3 is 5.97 Å². The van der Waals surface area contributed by atoms with Gasteiger partial charge in [-0.25, -0.2) is 4.79 Å². The molecular weight excluding hydrogens is 418 g/mol. The molecule has 0 aromatic heterocycles. The van der Waals surface area contributed by atoms with Crippen molar-refractivity contribution < 1.29 is 9.63 Å². The molecule has 0 N–H and O–H groups in total. The Morgan fingerprint density at radius 3 is 1.41 bits per heavy atom. The highest BCUT2D eigenvalue weighted by Crippen LogP contribution is 2.55. The first kappa shape index (κ1) is 22.1. The van der Waals surface area contributed by atoms with Gasteiger partial charge in [-0.05, 0) is 11.5 Å². The topological polar surface area (TPSA) is 26.3 Å². The molecule has 1 heterocycles. The van der Waals surface area contributed by atoms with Crippen LogP contribution in [-0.2, 0) is 9.63 Å². The molecule has 4 aromatic carbocycles. The van der Waals surface area contributed by atoms with Gasteiger partial charge in [0.2, 0.25) is 0 Å². The maximum atomic E-state index is 12.8. The highest BCUT2D eigenvalue weighted by atomic mass is 16.7. The zero-order chi connectivity index (χ0) is 23.4. The second kappa shape index (κ2) is 9.66. The minimum atomic E-state index is -0.274. The van der Waals surface area contributed by atoms with Crippen LogP contribution >= 0.6 is 0 Å². The smallest absolute Gasteiger partial charge is 0.270 e. The zero-order valence-corrected chi connectivity index (χ0v) is 19.5. The molecule has 0 saturated carbocycles. The predicted octanol–water partition coefficient (Wildman–Crippen LogP) is 7.53. The molecule has 1 fully saturated rings. The van der Waals surface area contributed by atoms with E-state index in [1.165, 1.54) is 23.6 Å². The molecule has 0 bridgehead atoms. The number of quaternary nitrogens is 1. The molecule has 1 aliphatic rings. The number of hydroxylamine groups is 2. The number of hydrogen-bond donors (Lipinski definition) is 0. The summed E-state index contributed by atoms with van der Waals surface area (Å²) < 4.78 is 0.132. The van der Waals surface area contributed by atoms with Crippen LogP contribution in [0.1, 0.15) is 54.5 Å². The van der Waals surface area contributed by atoms with Crippen LogP contribution in [0.2, 0.25) is 0 Å². The van der Waals surface area contributed by atoms with Crippen molar-refractivity contribution in [1.82, 2.24) is 4.65 Å². The largest absolute Gasteiger partial charge is 0.364 e. The third-order valence-corrected chi connectivity index (χ3v) is 7.02. The molecule has 2 atom stereocenters. The van der Waals surface area contributed by atoms with Gasteiger partial charge in [0.05, 0.1) is 0 Å². The van der Waals surface area contributed by atoms with Gasteiger partial charge in [-0.1, -0.05) is 114 Å². The molecule has 5 rings (SSSR count). The first-order valence-electron chi connectivity index (χ1n) is 12.0. The minimum Gasteiger partial charge on any atom is -0.270 e. The first-order valence-corrected chi connectivity index (χ1v) is 12.0.